The Hall–Kier alpha value is -1.82. The fourth-order valence-corrected chi connectivity index (χ4v) is 2.02. The molecule has 0 saturated heterocycles. The molecule has 0 fully saturated rings. The van der Waals surface area contributed by atoms with Crippen molar-refractivity contribution in [2.24, 2.45) is 0 Å². The number of nitrogens with one attached hydrogen (secondary N) is 2. The van der Waals surface area contributed by atoms with E-state index in [0.717, 1.165) is 31.5 Å². The number of anilines is 1. The highest BCUT2D eigenvalue weighted by molar-refractivity contribution is 7.80. The molecule has 0 saturated carbocycles. The maximum atomic E-state index is 10.9. The van der Waals surface area contributed by atoms with Gasteiger partial charge in [-0.2, -0.15) is 0 Å². The quantitative estimate of drug-likeness (QED) is 0.332. The third-order valence-corrected chi connectivity index (χ3v) is 3.22. The van der Waals surface area contributed by atoms with Crippen molar-refractivity contribution in [3.8, 4) is 0 Å². The second-order valence-electron chi connectivity index (χ2n) is 4.65. The summed E-state index contributed by atoms with van der Waals surface area (Å²) in [7, 11) is 3.33. The predicted molar refractivity (Wildman–Crippen MR) is 89.1 cm³/mol. The highest BCUT2D eigenvalue weighted by Gasteiger charge is 2.02. The van der Waals surface area contributed by atoms with E-state index in [4.69, 9.17) is 12.2 Å². The van der Waals surface area contributed by atoms with E-state index in [2.05, 4.69) is 15.5 Å². The average molecular weight is 309 g/mol. The van der Waals surface area contributed by atoms with Gasteiger partial charge in [-0.15, -0.1) is 0 Å². The van der Waals surface area contributed by atoms with Crippen LogP contribution in [0.1, 0.15) is 25.7 Å². The normalized spacial score (nSPS) is 9.81. The van der Waals surface area contributed by atoms with Crippen LogP contribution in [-0.2, 0) is 9.53 Å². The minimum atomic E-state index is -0.148. The lowest BCUT2D eigenvalue weighted by Gasteiger charge is -2.22. The van der Waals surface area contributed by atoms with Gasteiger partial charge in [0.2, 0.25) is 0 Å². The van der Waals surface area contributed by atoms with Gasteiger partial charge in [-0.1, -0.05) is 24.6 Å². The summed E-state index contributed by atoms with van der Waals surface area (Å²) < 4.78 is 4.59. The lowest BCUT2D eigenvalue weighted by molar-refractivity contribution is -0.140. The molecule has 0 atom stereocenters. The van der Waals surface area contributed by atoms with Crippen LogP contribution < -0.4 is 15.8 Å². The van der Waals surface area contributed by atoms with Crippen LogP contribution in [0.25, 0.3) is 0 Å². The number of thiocarbonyl (C=S) groups is 1. The molecule has 0 unspecified atom stereocenters. The second-order valence-corrected chi connectivity index (χ2v) is 5.06. The first-order valence-electron chi connectivity index (χ1n) is 7.03. The summed E-state index contributed by atoms with van der Waals surface area (Å²) in [6.07, 6.45) is 3.27. The molecule has 0 aromatic heterocycles. The van der Waals surface area contributed by atoms with Gasteiger partial charge in [-0.05, 0) is 37.2 Å². The summed E-state index contributed by atoms with van der Waals surface area (Å²) in [5.74, 6) is -0.148. The number of hydrazine groups is 1. The van der Waals surface area contributed by atoms with Gasteiger partial charge in [0.1, 0.15) is 0 Å². The molecule has 1 aromatic carbocycles. The molecule has 0 aliphatic carbocycles. The van der Waals surface area contributed by atoms with Crippen molar-refractivity contribution < 1.29 is 9.53 Å². The van der Waals surface area contributed by atoms with Gasteiger partial charge in [-0.3, -0.25) is 15.2 Å². The minimum absolute atomic E-state index is 0.148. The molecule has 1 rings (SSSR count). The maximum Gasteiger partial charge on any atom is 0.305 e. The zero-order chi connectivity index (χ0) is 15.5. The molecule has 0 amide bonds. The van der Waals surface area contributed by atoms with Crippen LogP contribution in [0.15, 0.2) is 30.3 Å². The third-order valence-electron chi connectivity index (χ3n) is 2.98. The molecular weight excluding hydrogens is 286 g/mol. The standard InChI is InChI=1S/C15H23N3O2S/c1-18(13-9-5-3-6-10-13)17-15(21)16-12-8-4-7-11-14(19)20-2/h3,5-6,9-10H,4,7-8,11-12H2,1-2H3,(H2,16,17,21). The molecular formula is C15H23N3O2S. The SMILES string of the molecule is COC(=O)CCCCCNC(=S)NN(C)c1ccccc1. The van der Waals surface area contributed by atoms with Gasteiger partial charge in [0.25, 0.3) is 0 Å². The predicted octanol–water partition coefficient (Wildman–Crippen LogP) is 2.24. The van der Waals surface area contributed by atoms with Gasteiger partial charge in [0.15, 0.2) is 5.11 Å². The number of para-hydroxylation sites is 1. The first-order chi connectivity index (χ1) is 10.1. The smallest absolute Gasteiger partial charge is 0.305 e. The number of esters is 1. The summed E-state index contributed by atoms with van der Waals surface area (Å²) in [5, 5.41) is 5.61. The Balaban J connectivity index is 2.10. The number of nitrogens with zero attached hydrogens (tertiary/aromatic N) is 1. The molecule has 1 aromatic rings. The van der Waals surface area contributed by atoms with Crippen LogP contribution in [-0.4, -0.2) is 31.8 Å². The highest BCUT2D eigenvalue weighted by atomic mass is 32.1. The number of rotatable bonds is 8. The van der Waals surface area contributed by atoms with E-state index >= 15 is 0 Å². The van der Waals surface area contributed by atoms with Crippen molar-refractivity contribution in [2.45, 2.75) is 25.7 Å². The van der Waals surface area contributed by atoms with Gasteiger partial charge in [0, 0.05) is 20.0 Å². The number of methoxy groups -OCH3 is 1. The van der Waals surface area contributed by atoms with E-state index in [1.54, 1.807) is 0 Å². The molecule has 0 bridgehead atoms. The summed E-state index contributed by atoms with van der Waals surface area (Å²) in [6.45, 7) is 0.787. The zero-order valence-electron chi connectivity index (χ0n) is 12.6. The van der Waals surface area contributed by atoms with Crippen LogP contribution in [0.3, 0.4) is 0 Å². The third kappa shape index (κ3) is 7.51. The summed E-state index contributed by atoms with van der Waals surface area (Å²) in [5.41, 5.74) is 4.14. The molecule has 0 aliphatic heterocycles. The van der Waals surface area contributed by atoms with Crippen LogP contribution in [0.2, 0.25) is 0 Å². The van der Waals surface area contributed by atoms with Crippen molar-refractivity contribution in [1.82, 2.24) is 10.7 Å². The number of unbranched alkanes of at least 4 members (excludes halogenated alkanes) is 2. The van der Waals surface area contributed by atoms with Crippen molar-refractivity contribution in [3.05, 3.63) is 30.3 Å². The van der Waals surface area contributed by atoms with Crippen LogP contribution in [0, 0.1) is 0 Å². The molecule has 5 nitrogen and oxygen atoms in total. The number of benzene rings is 1. The van der Waals surface area contributed by atoms with Crippen LogP contribution in [0.4, 0.5) is 5.69 Å². The van der Waals surface area contributed by atoms with Crippen LogP contribution >= 0.6 is 12.2 Å². The first kappa shape index (κ1) is 17.2. The lowest BCUT2D eigenvalue weighted by Crippen LogP contribution is -2.45. The Bertz CT molecular complexity index is 440. The Morgan fingerprint density at radius 1 is 1.24 bits per heavy atom. The molecule has 21 heavy (non-hydrogen) atoms. The van der Waals surface area contributed by atoms with E-state index in [0.29, 0.717) is 11.5 Å². The summed E-state index contributed by atoms with van der Waals surface area (Å²) in [4.78, 5) is 10.9. The van der Waals surface area contributed by atoms with E-state index in [-0.39, 0.29) is 5.97 Å². The largest absolute Gasteiger partial charge is 0.469 e. The Kier molecular flexibility index (Phi) is 8.19. The van der Waals surface area contributed by atoms with Crippen molar-refractivity contribution in [2.75, 3.05) is 25.7 Å². The first-order valence-corrected chi connectivity index (χ1v) is 7.44. The molecule has 6 heteroatoms. The van der Waals surface area contributed by atoms with Gasteiger partial charge in [0.05, 0.1) is 12.8 Å². The van der Waals surface area contributed by atoms with E-state index in [9.17, 15) is 4.79 Å². The molecule has 0 heterocycles. The number of hydrogen-bond acceptors (Lipinski definition) is 4. The number of hydrogen-bond donors (Lipinski definition) is 2. The lowest BCUT2D eigenvalue weighted by atomic mass is 10.2. The fraction of sp³-hybridized carbons (Fsp3) is 0.467. The number of carbonyl (C=O) groups is 1. The van der Waals surface area contributed by atoms with Gasteiger partial charge >= 0.3 is 5.97 Å². The Labute approximate surface area is 131 Å². The zero-order valence-corrected chi connectivity index (χ0v) is 13.4. The van der Waals surface area contributed by atoms with Gasteiger partial charge < -0.3 is 10.1 Å². The van der Waals surface area contributed by atoms with Crippen molar-refractivity contribution in [1.29, 1.82) is 0 Å². The monoisotopic (exact) mass is 309 g/mol. The minimum Gasteiger partial charge on any atom is -0.469 e. The molecule has 0 spiro atoms. The topological polar surface area (TPSA) is 53.6 Å². The van der Waals surface area contributed by atoms with Crippen molar-refractivity contribution in [3.63, 3.8) is 0 Å². The molecule has 0 radical (unpaired) electrons. The second kappa shape index (κ2) is 9.99. The van der Waals surface area contributed by atoms with Crippen molar-refractivity contribution >= 4 is 29.0 Å². The maximum absolute atomic E-state index is 10.9. The molecule has 2 N–H and O–H groups in total. The summed E-state index contributed by atoms with van der Waals surface area (Å²) in [6, 6.07) is 9.93. The number of carbonyl (C=O) groups excluding carboxylic acids is 1. The van der Waals surface area contributed by atoms with Gasteiger partial charge in [-0.25, -0.2) is 0 Å². The van der Waals surface area contributed by atoms with Crippen LogP contribution in [0.5, 0.6) is 0 Å². The molecule has 116 valence electrons. The average Bonchev–Trinajstić information content (AvgIpc) is 2.51. The Morgan fingerprint density at radius 3 is 2.62 bits per heavy atom. The van der Waals surface area contributed by atoms with E-state index < -0.39 is 0 Å². The molecule has 0 aliphatic rings. The number of ether oxygens (including phenoxy) is 1. The highest BCUT2D eigenvalue weighted by Crippen LogP contribution is 2.08. The Morgan fingerprint density at radius 2 is 1.95 bits per heavy atom. The fourth-order valence-electron chi connectivity index (χ4n) is 1.78. The van der Waals surface area contributed by atoms with E-state index in [1.807, 2.05) is 42.4 Å². The van der Waals surface area contributed by atoms with E-state index in [1.165, 1.54) is 7.11 Å². The summed E-state index contributed by atoms with van der Waals surface area (Å²) >= 11 is 5.23.